The van der Waals surface area contributed by atoms with Gasteiger partial charge in [-0.15, -0.1) is 0 Å². The number of benzene rings is 3. The van der Waals surface area contributed by atoms with Gasteiger partial charge in [0, 0.05) is 54.8 Å². The molecule has 0 saturated carbocycles. The van der Waals surface area contributed by atoms with Crippen molar-refractivity contribution in [3.8, 4) is 5.75 Å². The second-order valence-corrected chi connectivity index (χ2v) is 11.8. The topological polar surface area (TPSA) is 52.0 Å². The number of allylic oxidation sites excluding steroid dienone is 1. The summed E-state index contributed by atoms with van der Waals surface area (Å²) in [6.07, 6.45) is -0.0778. The number of halogens is 6. The van der Waals surface area contributed by atoms with Crippen molar-refractivity contribution in [3.05, 3.63) is 119 Å². The molecule has 0 bridgehead atoms. The van der Waals surface area contributed by atoms with Crippen molar-refractivity contribution in [1.82, 2.24) is 14.5 Å². The predicted molar refractivity (Wildman–Crippen MR) is 167 cm³/mol. The highest BCUT2D eigenvalue weighted by Crippen LogP contribution is 2.41. The molecule has 0 amide bonds. The molecule has 3 aromatic carbocycles. The average Bonchev–Trinajstić information content (AvgIpc) is 3.71. The lowest BCUT2D eigenvalue weighted by Crippen LogP contribution is -2.45. The molecule has 2 unspecified atom stereocenters. The van der Waals surface area contributed by atoms with Crippen LogP contribution in [0.4, 0.5) is 23.2 Å². The van der Waals surface area contributed by atoms with Crippen LogP contribution in [-0.2, 0) is 21.8 Å². The summed E-state index contributed by atoms with van der Waals surface area (Å²) < 4.78 is 77.1. The molecular formula is C33H30Cl2F4N4O3. The zero-order valence-electron chi connectivity index (χ0n) is 24.5. The quantitative estimate of drug-likeness (QED) is 0.135. The number of hydrogen-bond donors (Lipinski definition) is 0. The van der Waals surface area contributed by atoms with Crippen molar-refractivity contribution < 1.29 is 31.8 Å². The molecule has 2 atom stereocenters. The van der Waals surface area contributed by atoms with E-state index in [1.807, 2.05) is 33.7 Å². The van der Waals surface area contributed by atoms with Gasteiger partial charge >= 0.3 is 6.18 Å². The fraction of sp³-hybridized carbons (Fsp3) is 0.303. The minimum Gasteiger partial charge on any atom is -0.491 e. The Morgan fingerprint density at radius 3 is 2.37 bits per heavy atom. The van der Waals surface area contributed by atoms with Gasteiger partial charge in [0.1, 0.15) is 24.0 Å². The van der Waals surface area contributed by atoms with E-state index in [-0.39, 0.29) is 31.9 Å². The number of piperazine rings is 1. The number of ether oxygens (including phenoxy) is 3. The maximum absolute atomic E-state index is 15.2. The highest BCUT2D eigenvalue weighted by Gasteiger charge is 2.45. The summed E-state index contributed by atoms with van der Waals surface area (Å²) in [4.78, 5) is 7.26. The third-order valence-corrected chi connectivity index (χ3v) is 8.45. The highest BCUT2D eigenvalue weighted by atomic mass is 35.5. The third-order valence-electron chi connectivity index (χ3n) is 7.90. The number of imidazole rings is 1. The van der Waals surface area contributed by atoms with E-state index in [1.54, 1.807) is 43.0 Å². The Morgan fingerprint density at radius 2 is 1.72 bits per heavy atom. The Labute approximate surface area is 273 Å². The van der Waals surface area contributed by atoms with Crippen LogP contribution in [0.25, 0.3) is 5.57 Å². The van der Waals surface area contributed by atoms with Crippen LogP contribution in [0.3, 0.4) is 0 Å². The van der Waals surface area contributed by atoms with Crippen LogP contribution in [0.5, 0.6) is 5.75 Å². The lowest BCUT2D eigenvalue weighted by atomic mass is 10.1. The first kappa shape index (κ1) is 32.2. The molecule has 0 radical (unpaired) electrons. The molecule has 0 spiro atoms. The Morgan fingerprint density at radius 1 is 0.978 bits per heavy atom. The van der Waals surface area contributed by atoms with Crippen molar-refractivity contribution in [2.45, 2.75) is 24.6 Å². The maximum Gasteiger partial charge on any atom is 0.421 e. The largest absolute Gasteiger partial charge is 0.491 e. The number of aromatic nitrogens is 2. The van der Waals surface area contributed by atoms with Gasteiger partial charge in [0.15, 0.2) is 0 Å². The lowest BCUT2D eigenvalue weighted by Gasteiger charge is -2.37. The second-order valence-electron chi connectivity index (χ2n) is 11.0. The van der Waals surface area contributed by atoms with E-state index in [0.29, 0.717) is 41.0 Å². The summed E-state index contributed by atoms with van der Waals surface area (Å²) in [6.45, 7) is 1.71. The number of hydrogen-bond acceptors (Lipinski definition) is 6. The van der Waals surface area contributed by atoms with Crippen molar-refractivity contribution in [2.24, 2.45) is 0 Å². The summed E-state index contributed by atoms with van der Waals surface area (Å²) in [5.41, 5.74) is 0.0460. The van der Waals surface area contributed by atoms with Crippen molar-refractivity contribution in [2.75, 3.05) is 44.3 Å². The van der Waals surface area contributed by atoms with Crippen LogP contribution < -0.4 is 9.64 Å². The molecule has 46 heavy (non-hydrogen) atoms. The zero-order valence-corrected chi connectivity index (χ0v) is 26.0. The van der Waals surface area contributed by atoms with Gasteiger partial charge in [-0.2, -0.15) is 17.6 Å². The van der Waals surface area contributed by atoms with Crippen LogP contribution >= 0.6 is 23.2 Å². The third kappa shape index (κ3) is 7.12. The van der Waals surface area contributed by atoms with Crippen LogP contribution in [-0.4, -0.2) is 66.1 Å². The van der Waals surface area contributed by atoms with Crippen molar-refractivity contribution in [3.63, 3.8) is 0 Å². The highest BCUT2D eigenvalue weighted by molar-refractivity contribution is 6.35. The van der Waals surface area contributed by atoms with Gasteiger partial charge in [-0.3, -0.25) is 0 Å². The molecule has 6 rings (SSSR count). The number of alkyl halides is 3. The van der Waals surface area contributed by atoms with Crippen molar-refractivity contribution >= 4 is 34.5 Å². The minimum absolute atomic E-state index is 0.105. The molecule has 2 aliphatic rings. The van der Waals surface area contributed by atoms with Gasteiger partial charge in [-0.05, 0) is 42.0 Å². The predicted octanol–water partition coefficient (Wildman–Crippen LogP) is 7.56. The first-order valence-electron chi connectivity index (χ1n) is 14.6. The van der Waals surface area contributed by atoms with Gasteiger partial charge in [-0.25, -0.2) is 4.98 Å². The molecule has 0 N–H and O–H groups in total. The molecule has 4 aromatic rings. The minimum atomic E-state index is -4.82. The summed E-state index contributed by atoms with van der Waals surface area (Å²) in [6, 6.07) is 19.6. The van der Waals surface area contributed by atoms with Crippen LogP contribution in [0, 0.1) is 0 Å². The number of rotatable bonds is 9. The average molecular weight is 678 g/mol. The Balaban J connectivity index is 1.06. The van der Waals surface area contributed by atoms with Gasteiger partial charge in [0.2, 0.25) is 11.7 Å². The molecule has 13 heteroatoms. The first-order chi connectivity index (χ1) is 22.1. The Kier molecular flexibility index (Phi) is 9.47. The molecule has 2 saturated heterocycles. The normalized spacial score (nSPS) is 21.0. The SMILES string of the molecule is F/C(=C(/c1ccccc1)C(F)(F)F)N1CCN(c2ccc(OCC3COC(Cn4ccnc4)(c4ccc(Cl)cc4Cl)O3)cc2)CC1. The molecule has 2 aliphatic heterocycles. The summed E-state index contributed by atoms with van der Waals surface area (Å²) in [7, 11) is 0. The smallest absolute Gasteiger partial charge is 0.421 e. The maximum atomic E-state index is 15.2. The number of anilines is 1. The van der Waals surface area contributed by atoms with E-state index in [4.69, 9.17) is 37.4 Å². The van der Waals surface area contributed by atoms with Gasteiger partial charge in [0.25, 0.3) is 0 Å². The van der Waals surface area contributed by atoms with Crippen LogP contribution in [0.15, 0.2) is 97.5 Å². The summed E-state index contributed by atoms with van der Waals surface area (Å²) in [5, 5.41) is 0.916. The van der Waals surface area contributed by atoms with E-state index < -0.39 is 29.6 Å². The molecule has 3 heterocycles. The van der Waals surface area contributed by atoms with E-state index in [1.165, 1.54) is 24.3 Å². The zero-order chi connectivity index (χ0) is 32.3. The monoisotopic (exact) mass is 676 g/mol. The summed E-state index contributed by atoms with van der Waals surface area (Å²) >= 11 is 12.7. The summed E-state index contributed by atoms with van der Waals surface area (Å²) in [5.74, 6) is -1.82. The van der Waals surface area contributed by atoms with Crippen LogP contribution in [0.1, 0.15) is 11.1 Å². The fourth-order valence-corrected chi connectivity index (χ4v) is 6.19. The van der Waals surface area contributed by atoms with E-state index in [2.05, 4.69) is 4.98 Å². The fourth-order valence-electron chi connectivity index (χ4n) is 5.64. The van der Waals surface area contributed by atoms with Gasteiger partial charge in [-0.1, -0.05) is 59.6 Å². The lowest BCUT2D eigenvalue weighted by molar-refractivity contribution is -0.189. The van der Waals surface area contributed by atoms with Gasteiger partial charge in [0.05, 0.1) is 24.5 Å². The second kappa shape index (κ2) is 13.5. The molecule has 2 fully saturated rings. The molecule has 7 nitrogen and oxygen atoms in total. The van der Waals surface area contributed by atoms with E-state index in [0.717, 1.165) is 10.6 Å². The van der Waals surface area contributed by atoms with Crippen molar-refractivity contribution in [1.29, 1.82) is 0 Å². The first-order valence-corrected chi connectivity index (χ1v) is 15.3. The van der Waals surface area contributed by atoms with Crippen LogP contribution in [0.2, 0.25) is 10.0 Å². The molecule has 242 valence electrons. The molecular weight excluding hydrogens is 647 g/mol. The Hall–Kier alpha value is -3.77. The standard InChI is InChI=1S/C33H30Cl2F4N4O3/c34-24-6-11-28(29(35)18-24)32(21-41-13-12-40-22-41)45-20-27(46-32)19-44-26-9-7-25(8-10-26)42-14-16-43(17-15-42)31(36)30(33(37,38)39)23-4-2-1-3-5-23/h1-13,18,22,27H,14-17,19-21H2/b31-30+. The van der Waals surface area contributed by atoms with E-state index >= 15 is 4.39 Å². The van der Waals surface area contributed by atoms with Gasteiger partial charge < -0.3 is 28.6 Å². The Bertz CT molecular complexity index is 1650. The molecule has 1 aromatic heterocycles. The number of nitrogens with zero attached hydrogens (tertiary/aromatic N) is 4. The van der Waals surface area contributed by atoms with E-state index in [9.17, 15) is 13.2 Å². The molecule has 0 aliphatic carbocycles.